The highest BCUT2D eigenvalue weighted by Crippen LogP contribution is 2.25. The van der Waals surface area contributed by atoms with Gasteiger partial charge in [-0.3, -0.25) is 0 Å². The smallest absolute Gasteiger partial charge is 0.317 e. The fraction of sp³-hybridized carbons (Fsp3) is 0.650. The van der Waals surface area contributed by atoms with E-state index in [0.29, 0.717) is 17.8 Å². The van der Waals surface area contributed by atoms with Crippen LogP contribution in [-0.2, 0) is 0 Å². The van der Waals surface area contributed by atoms with Crippen LogP contribution in [0.4, 0.5) is 4.79 Å². The third-order valence-corrected chi connectivity index (χ3v) is 5.07. The monoisotopic (exact) mass is 332 g/mol. The molecule has 0 aliphatic carbocycles. The molecule has 2 N–H and O–H groups in total. The van der Waals surface area contributed by atoms with Crippen molar-refractivity contribution < 1.29 is 9.90 Å². The lowest BCUT2D eigenvalue weighted by Crippen LogP contribution is -2.46. The Morgan fingerprint density at radius 1 is 1.12 bits per heavy atom. The highest BCUT2D eigenvalue weighted by Gasteiger charge is 2.25. The maximum absolute atomic E-state index is 12.6. The van der Waals surface area contributed by atoms with Crippen LogP contribution in [0.1, 0.15) is 63.6 Å². The number of piperidine rings is 1. The van der Waals surface area contributed by atoms with Crippen LogP contribution in [-0.4, -0.2) is 35.7 Å². The van der Waals surface area contributed by atoms with Crippen LogP contribution >= 0.6 is 0 Å². The summed E-state index contributed by atoms with van der Waals surface area (Å²) in [4.78, 5) is 14.5. The molecule has 1 fully saturated rings. The highest BCUT2D eigenvalue weighted by molar-refractivity contribution is 5.74. The molecule has 1 saturated heterocycles. The minimum Gasteiger partial charge on any atom is -0.396 e. The largest absolute Gasteiger partial charge is 0.396 e. The summed E-state index contributed by atoms with van der Waals surface area (Å²) in [5.41, 5.74) is 2.48. The van der Waals surface area contributed by atoms with Crippen molar-refractivity contribution in [2.45, 2.75) is 52.5 Å². The Balaban J connectivity index is 2.01. The minimum atomic E-state index is 0.0121. The molecule has 0 spiro atoms. The Hall–Kier alpha value is -1.55. The van der Waals surface area contributed by atoms with Gasteiger partial charge in [0, 0.05) is 19.7 Å². The van der Waals surface area contributed by atoms with Crippen molar-refractivity contribution in [1.29, 1.82) is 0 Å². The summed E-state index contributed by atoms with van der Waals surface area (Å²) < 4.78 is 0. The van der Waals surface area contributed by atoms with E-state index in [0.717, 1.165) is 31.5 Å². The Labute approximate surface area is 146 Å². The first kappa shape index (κ1) is 18.8. The third-order valence-electron chi connectivity index (χ3n) is 5.07. The number of nitrogens with one attached hydrogen (secondary N) is 1. The van der Waals surface area contributed by atoms with Crippen LogP contribution in [0, 0.1) is 11.8 Å². The number of carbonyl (C=O) groups is 1. The average Bonchev–Trinajstić information content (AvgIpc) is 2.59. The molecule has 4 nitrogen and oxygen atoms in total. The number of carbonyl (C=O) groups excluding carboxylic acids is 1. The normalized spacial score (nSPS) is 17.4. The van der Waals surface area contributed by atoms with E-state index in [1.807, 2.05) is 4.90 Å². The molecule has 4 heteroatoms. The molecule has 2 amide bonds. The van der Waals surface area contributed by atoms with Gasteiger partial charge in [-0.15, -0.1) is 0 Å². The lowest BCUT2D eigenvalue weighted by atomic mass is 9.93. The van der Waals surface area contributed by atoms with Gasteiger partial charge in [0.15, 0.2) is 0 Å². The van der Waals surface area contributed by atoms with Crippen molar-refractivity contribution in [2.75, 3.05) is 19.7 Å². The molecule has 0 saturated carbocycles. The summed E-state index contributed by atoms with van der Waals surface area (Å²) >= 11 is 0. The lowest BCUT2D eigenvalue weighted by molar-refractivity contribution is 0.134. The third kappa shape index (κ3) is 4.73. The van der Waals surface area contributed by atoms with Crippen molar-refractivity contribution in [3.63, 3.8) is 0 Å². The quantitative estimate of drug-likeness (QED) is 0.858. The number of aliphatic hydroxyl groups excluding tert-OH is 1. The Morgan fingerprint density at radius 3 is 2.12 bits per heavy atom. The summed E-state index contributed by atoms with van der Waals surface area (Å²) in [5.74, 6) is 1.19. The van der Waals surface area contributed by atoms with Crippen molar-refractivity contribution >= 4 is 6.03 Å². The van der Waals surface area contributed by atoms with Gasteiger partial charge in [-0.25, -0.2) is 4.79 Å². The van der Waals surface area contributed by atoms with Crippen LogP contribution in [0.5, 0.6) is 0 Å². The zero-order valence-electron chi connectivity index (χ0n) is 15.5. The molecule has 1 heterocycles. The molecule has 0 aromatic heterocycles. The maximum Gasteiger partial charge on any atom is 0.317 e. The van der Waals surface area contributed by atoms with Crippen LogP contribution in [0.25, 0.3) is 0 Å². The van der Waals surface area contributed by atoms with Gasteiger partial charge in [0.05, 0.1) is 6.04 Å². The molecule has 0 bridgehead atoms. The maximum atomic E-state index is 12.6. The molecule has 2 rings (SSSR count). The molecular weight excluding hydrogens is 300 g/mol. The van der Waals surface area contributed by atoms with E-state index in [9.17, 15) is 9.90 Å². The second-order valence-electron chi connectivity index (χ2n) is 7.61. The SMILES string of the molecule is CC(C)c1ccc(C(NC(=O)N2CCC(CO)CC2)C(C)C)cc1. The fourth-order valence-corrected chi connectivity index (χ4v) is 3.27. The van der Waals surface area contributed by atoms with Gasteiger partial charge in [-0.05, 0) is 41.7 Å². The molecule has 0 radical (unpaired) electrons. The molecule has 1 aromatic carbocycles. The van der Waals surface area contributed by atoms with Crippen LogP contribution in [0.2, 0.25) is 0 Å². The number of hydrogen-bond donors (Lipinski definition) is 2. The number of aliphatic hydroxyl groups is 1. The van der Waals surface area contributed by atoms with E-state index in [1.54, 1.807) is 0 Å². The molecular formula is C20H32N2O2. The number of rotatable bonds is 5. The van der Waals surface area contributed by atoms with Gasteiger partial charge < -0.3 is 15.3 Å². The summed E-state index contributed by atoms with van der Waals surface area (Å²) in [6.45, 7) is 10.3. The Bertz CT molecular complexity index is 517. The number of nitrogens with zero attached hydrogens (tertiary/aromatic N) is 1. The molecule has 1 aromatic rings. The van der Waals surface area contributed by atoms with Crippen molar-refractivity contribution in [3.05, 3.63) is 35.4 Å². The second-order valence-corrected chi connectivity index (χ2v) is 7.61. The predicted octanol–water partition coefficient (Wildman–Crippen LogP) is 3.92. The van der Waals surface area contributed by atoms with E-state index >= 15 is 0 Å². The van der Waals surface area contributed by atoms with Gasteiger partial charge >= 0.3 is 6.03 Å². The van der Waals surface area contributed by atoms with Crippen molar-refractivity contribution in [3.8, 4) is 0 Å². The zero-order chi connectivity index (χ0) is 17.7. The first-order valence-electron chi connectivity index (χ1n) is 9.18. The molecule has 24 heavy (non-hydrogen) atoms. The molecule has 1 aliphatic heterocycles. The first-order chi connectivity index (χ1) is 11.4. The van der Waals surface area contributed by atoms with Crippen molar-refractivity contribution in [1.82, 2.24) is 10.2 Å². The topological polar surface area (TPSA) is 52.6 Å². The summed E-state index contributed by atoms with van der Waals surface area (Å²) in [6, 6.07) is 8.63. The van der Waals surface area contributed by atoms with Gasteiger partial charge in [-0.2, -0.15) is 0 Å². The number of benzene rings is 1. The fourth-order valence-electron chi connectivity index (χ4n) is 3.27. The molecule has 1 unspecified atom stereocenters. The van der Waals surface area contributed by atoms with Gasteiger partial charge in [0.2, 0.25) is 0 Å². The summed E-state index contributed by atoms with van der Waals surface area (Å²) in [6.07, 6.45) is 1.78. The standard InChI is InChI=1S/C20H32N2O2/c1-14(2)17-5-7-18(8-6-17)19(15(3)4)21-20(24)22-11-9-16(13-23)10-12-22/h5-8,14-16,19,23H,9-13H2,1-4H3,(H,21,24). The van der Waals surface area contributed by atoms with Crippen molar-refractivity contribution in [2.24, 2.45) is 11.8 Å². The number of amides is 2. The van der Waals surface area contributed by atoms with E-state index in [1.165, 1.54) is 5.56 Å². The lowest BCUT2D eigenvalue weighted by Gasteiger charge is -2.33. The van der Waals surface area contributed by atoms with Gasteiger partial charge in [-0.1, -0.05) is 52.0 Å². The molecule has 134 valence electrons. The van der Waals surface area contributed by atoms with E-state index < -0.39 is 0 Å². The second kappa shape index (κ2) is 8.52. The van der Waals surface area contributed by atoms with E-state index in [2.05, 4.69) is 57.3 Å². The Morgan fingerprint density at radius 2 is 1.67 bits per heavy atom. The predicted molar refractivity (Wildman–Crippen MR) is 98.0 cm³/mol. The zero-order valence-corrected chi connectivity index (χ0v) is 15.5. The number of urea groups is 1. The first-order valence-corrected chi connectivity index (χ1v) is 9.18. The average molecular weight is 332 g/mol. The summed E-state index contributed by atoms with van der Waals surface area (Å²) in [5, 5.41) is 12.4. The minimum absolute atomic E-state index is 0.0121. The van der Waals surface area contributed by atoms with Gasteiger partial charge in [0.25, 0.3) is 0 Å². The summed E-state index contributed by atoms with van der Waals surface area (Å²) in [7, 11) is 0. The van der Waals surface area contributed by atoms with Crippen LogP contribution < -0.4 is 5.32 Å². The van der Waals surface area contributed by atoms with Crippen LogP contribution in [0.3, 0.4) is 0 Å². The molecule has 1 aliphatic rings. The van der Waals surface area contributed by atoms with Crippen LogP contribution in [0.15, 0.2) is 24.3 Å². The molecule has 1 atom stereocenters. The number of likely N-dealkylation sites (tertiary alicyclic amines) is 1. The van der Waals surface area contributed by atoms with E-state index in [4.69, 9.17) is 0 Å². The Kier molecular flexibility index (Phi) is 6.67. The van der Waals surface area contributed by atoms with E-state index in [-0.39, 0.29) is 18.7 Å². The van der Waals surface area contributed by atoms with Gasteiger partial charge in [0.1, 0.15) is 0 Å². The number of hydrogen-bond acceptors (Lipinski definition) is 2. The highest BCUT2D eigenvalue weighted by atomic mass is 16.3.